The van der Waals surface area contributed by atoms with Gasteiger partial charge >= 0.3 is 0 Å². The van der Waals surface area contributed by atoms with Gasteiger partial charge in [-0.15, -0.1) is 5.10 Å². The zero-order valence-corrected chi connectivity index (χ0v) is 8.70. The molecule has 0 bridgehead atoms. The van der Waals surface area contributed by atoms with Gasteiger partial charge in [-0.3, -0.25) is 4.68 Å². The Morgan fingerprint density at radius 2 is 2.33 bits per heavy atom. The zero-order valence-electron chi connectivity index (χ0n) is 8.70. The van der Waals surface area contributed by atoms with Gasteiger partial charge in [-0.25, -0.2) is 0 Å². The Labute approximate surface area is 87.4 Å². The van der Waals surface area contributed by atoms with Crippen LogP contribution >= 0.6 is 0 Å². The number of allylic oxidation sites excluding steroid dienone is 2. The molecule has 0 saturated carbocycles. The van der Waals surface area contributed by atoms with E-state index in [0.717, 1.165) is 24.7 Å². The molecule has 3 nitrogen and oxygen atoms in total. The average Bonchev–Trinajstić information content (AvgIpc) is 2.38. The number of nitrogens with two attached hydrogens (primary N) is 1. The van der Waals surface area contributed by atoms with Crippen LogP contribution in [0.15, 0.2) is 11.8 Å². The first-order valence-electron chi connectivity index (χ1n) is 5.12. The van der Waals surface area contributed by atoms with E-state index in [1.54, 1.807) is 10.8 Å². The van der Waals surface area contributed by atoms with E-state index in [1.165, 1.54) is 0 Å². The highest BCUT2D eigenvalue weighted by Crippen LogP contribution is 1.96. The van der Waals surface area contributed by atoms with Gasteiger partial charge in [0.15, 0.2) is 0 Å². The summed E-state index contributed by atoms with van der Waals surface area (Å²) in [5.74, 6) is -0.437. The Hall–Kier alpha value is -1.58. The van der Waals surface area contributed by atoms with Crippen LogP contribution < -0.4 is 16.3 Å². The van der Waals surface area contributed by atoms with Gasteiger partial charge in [0, 0.05) is 12.2 Å². The third kappa shape index (κ3) is 1.79. The molecule has 2 rings (SSSR count). The molecule has 0 aromatic carbocycles. The Balaban J connectivity index is 2.66. The van der Waals surface area contributed by atoms with E-state index in [0.29, 0.717) is 10.9 Å². The van der Waals surface area contributed by atoms with Crippen molar-refractivity contribution in [3.8, 4) is 0 Å². The topological polar surface area (TPSA) is 43.8 Å². The fourth-order valence-electron chi connectivity index (χ4n) is 1.72. The van der Waals surface area contributed by atoms with Crippen LogP contribution in [0.3, 0.4) is 0 Å². The fraction of sp³-hybridized carbons (Fsp3) is 0.364. The number of aromatic nitrogens is 2. The van der Waals surface area contributed by atoms with E-state index in [-0.39, 0.29) is 0 Å². The molecule has 15 heavy (non-hydrogen) atoms. The third-order valence-corrected chi connectivity index (χ3v) is 2.40. The number of fused-ring (bicyclic) bond motifs is 1. The van der Waals surface area contributed by atoms with Crippen molar-refractivity contribution >= 4 is 12.2 Å². The molecule has 0 atom stereocenters. The van der Waals surface area contributed by atoms with Crippen LogP contribution in [0.5, 0.6) is 0 Å². The van der Waals surface area contributed by atoms with E-state index >= 15 is 0 Å². The fourth-order valence-corrected chi connectivity index (χ4v) is 1.72. The Morgan fingerprint density at radius 1 is 1.53 bits per heavy atom. The number of hydrogen-bond acceptors (Lipinski definition) is 2. The minimum absolute atomic E-state index is 0.437. The highest BCUT2D eigenvalue weighted by Gasteiger charge is 2.07. The molecule has 0 saturated heterocycles. The lowest BCUT2D eigenvalue weighted by molar-refractivity contribution is 0.511. The molecule has 1 aromatic rings. The van der Waals surface area contributed by atoms with Gasteiger partial charge in [0.25, 0.3) is 0 Å². The molecule has 0 amide bonds. The van der Waals surface area contributed by atoms with Gasteiger partial charge in [0.2, 0.25) is 5.95 Å². The second-order valence-electron chi connectivity index (χ2n) is 3.60. The van der Waals surface area contributed by atoms with Crippen LogP contribution in [0.2, 0.25) is 0 Å². The number of aryl methyl sites for hydroxylation is 1. The van der Waals surface area contributed by atoms with Gasteiger partial charge in [0.1, 0.15) is 0 Å². The lowest BCUT2D eigenvalue weighted by atomic mass is 10.3. The number of hydrogen-bond donors (Lipinski definition) is 1. The predicted octanol–water partition coefficient (Wildman–Crippen LogP) is 0.240. The minimum atomic E-state index is -0.437. The summed E-state index contributed by atoms with van der Waals surface area (Å²) >= 11 is 0. The van der Waals surface area contributed by atoms with Crippen molar-refractivity contribution in [1.82, 2.24) is 9.78 Å². The summed E-state index contributed by atoms with van der Waals surface area (Å²) < 4.78 is 15.2. The van der Waals surface area contributed by atoms with E-state index in [9.17, 15) is 4.39 Å². The number of nitrogens with zero attached hydrogens (tertiary/aromatic N) is 2. The summed E-state index contributed by atoms with van der Waals surface area (Å²) in [5, 5.41) is 5.21. The smallest absolute Gasteiger partial charge is 0.240 e. The zero-order chi connectivity index (χ0) is 10.8. The Kier molecular flexibility index (Phi) is 2.58. The molecule has 1 heterocycles. The summed E-state index contributed by atoms with van der Waals surface area (Å²) in [5.41, 5.74) is 6.28. The molecule has 4 heteroatoms. The molecule has 0 radical (unpaired) electrons. The van der Waals surface area contributed by atoms with Crippen molar-refractivity contribution in [2.24, 2.45) is 5.73 Å². The van der Waals surface area contributed by atoms with Crippen LogP contribution in [-0.4, -0.2) is 9.78 Å². The number of halogens is 1. The van der Waals surface area contributed by atoms with Crippen molar-refractivity contribution in [3.63, 3.8) is 0 Å². The van der Waals surface area contributed by atoms with Crippen molar-refractivity contribution in [2.45, 2.75) is 26.3 Å². The Morgan fingerprint density at radius 3 is 3.07 bits per heavy atom. The van der Waals surface area contributed by atoms with Crippen LogP contribution in [0, 0.1) is 5.95 Å². The largest absolute Gasteiger partial charge is 0.399 e. The monoisotopic (exact) mass is 207 g/mol. The molecule has 2 N–H and O–H groups in total. The molecular weight excluding hydrogens is 193 g/mol. The van der Waals surface area contributed by atoms with Crippen LogP contribution in [0.25, 0.3) is 12.2 Å². The van der Waals surface area contributed by atoms with Gasteiger partial charge < -0.3 is 5.73 Å². The first kappa shape index (κ1) is 9.96. The molecule has 1 aliphatic carbocycles. The third-order valence-electron chi connectivity index (χ3n) is 2.40. The predicted molar refractivity (Wildman–Crippen MR) is 57.5 cm³/mol. The van der Waals surface area contributed by atoms with Gasteiger partial charge in [-0.2, -0.15) is 4.39 Å². The van der Waals surface area contributed by atoms with Crippen molar-refractivity contribution in [1.29, 1.82) is 0 Å². The van der Waals surface area contributed by atoms with Crippen LogP contribution in [-0.2, 0) is 6.54 Å². The number of rotatable bonds is 2. The molecule has 1 aromatic heterocycles. The summed E-state index contributed by atoms with van der Waals surface area (Å²) in [6, 6.07) is 0. The standard InChI is InChI=1S/C11H14FN3/c1-2-6-15-10-5-3-4-8(13)7-9(10)11(12)14-15/h4-5,7H,2-3,6,13H2,1H3. The lowest BCUT2D eigenvalue weighted by Gasteiger charge is -1.96. The van der Waals surface area contributed by atoms with Gasteiger partial charge in [-0.05, 0) is 18.9 Å². The highest BCUT2D eigenvalue weighted by atomic mass is 19.1. The SMILES string of the molecule is CCCn1nc(F)c2c1=CCC=C(N)C=2. The van der Waals surface area contributed by atoms with E-state index in [2.05, 4.69) is 5.10 Å². The minimum Gasteiger partial charge on any atom is -0.399 e. The second-order valence-corrected chi connectivity index (χ2v) is 3.60. The lowest BCUT2D eigenvalue weighted by Crippen LogP contribution is -2.30. The molecule has 1 aliphatic rings. The summed E-state index contributed by atoms with van der Waals surface area (Å²) in [6.07, 6.45) is 7.13. The summed E-state index contributed by atoms with van der Waals surface area (Å²) in [7, 11) is 0. The molecule has 0 spiro atoms. The molecule has 80 valence electrons. The molecule has 0 aliphatic heterocycles. The van der Waals surface area contributed by atoms with Crippen molar-refractivity contribution in [3.05, 3.63) is 28.3 Å². The highest BCUT2D eigenvalue weighted by molar-refractivity contribution is 5.48. The van der Waals surface area contributed by atoms with Gasteiger partial charge in [0.05, 0.1) is 10.6 Å². The molecule has 0 unspecified atom stereocenters. The van der Waals surface area contributed by atoms with Crippen molar-refractivity contribution < 1.29 is 4.39 Å². The Bertz CT molecular complexity index is 511. The van der Waals surface area contributed by atoms with E-state index < -0.39 is 5.95 Å². The van der Waals surface area contributed by atoms with Gasteiger partial charge in [-0.1, -0.05) is 19.1 Å². The maximum atomic E-state index is 13.5. The first-order chi connectivity index (χ1) is 7.22. The summed E-state index contributed by atoms with van der Waals surface area (Å²) in [6.45, 7) is 2.77. The van der Waals surface area contributed by atoms with E-state index in [1.807, 2.05) is 19.1 Å². The van der Waals surface area contributed by atoms with Crippen molar-refractivity contribution in [2.75, 3.05) is 0 Å². The second kappa shape index (κ2) is 3.88. The normalized spacial score (nSPS) is 14.7. The first-order valence-corrected chi connectivity index (χ1v) is 5.12. The quantitative estimate of drug-likeness (QED) is 0.755. The molecule has 0 fully saturated rings. The molecular formula is C11H14FN3. The average molecular weight is 207 g/mol. The maximum Gasteiger partial charge on any atom is 0.240 e. The maximum absolute atomic E-state index is 13.5. The summed E-state index contributed by atoms with van der Waals surface area (Å²) in [4.78, 5) is 0. The van der Waals surface area contributed by atoms with Crippen LogP contribution in [0.1, 0.15) is 19.8 Å². The van der Waals surface area contributed by atoms with Crippen LogP contribution in [0.4, 0.5) is 4.39 Å². The van der Waals surface area contributed by atoms with E-state index in [4.69, 9.17) is 5.73 Å².